The van der Waals surface area contributed by atoms with E-state index in [4.69, 9.17) is 0 Å². The van der Waals surface area contributed by atoms with Crippen LogP contribution in [0.15, 0.2) is 23.1 Å². The Morgan fingerprint density at radius 3 is 2.18 bits per heavy atom. The van der Waals surface area contributed by atoms with Crippen molar-refractivity contribution in [3.63, 3.8) is 0 Å². The van der Waals surface area contributed by atoms with Crippen LogP contribution in [0, 0.1) is 0 Å². The third-order valence-electron chi connectivity index (χ3n) is 0.936. The first-order chi connectivity index (χ1) is 5.35. The number of hydrogen-bond donors (Lipinski definition) is 2. The summed E-state index contributed by atoms with van der Waals surface area (Å²) in [4.78, 5) is 14.2. The van der Waals surface area contributed by atoms with Crippen molar-refractivity contribution in [2.75, 3.05) is 6.67 Å². The molecule has 0 aliphatic carbocycles. The maximum absolute atomic E-state index is 10.1. The number of hydrogen-bond acceptors (Lipinski definition) is 3. The molecule has 11 heavy (non-hydrogen) atoms. The number of rotatable bonds is 1. The summed E-state index contributed by atoms with van der Waals surface area (Å²) in [5.74, 6) is 0. The van der Waals surface area contributed by atoms with Gasteiger partial charge >= 0.3 is 51.8 Å². The van der Waals surface area contributed by atoms with Crippen molar-refractivity contribution in [3.05, 3.63) is 23.1 Å². The van der Waals surface area contributed by atoms with E-state index in [0.717, 1.165) is 5.12 Å². The zero-order chi connectivity index (χ0) is 8.53. The first-order valence-electron chi connectivity index (χ1n) is 3.25. The van der Waals surface area contributed by atoms with E-state index in [9.17, 15) is 4.79 Å². The molecule has 0 aromatic rings. The summed E-state index contributed by atoms with van der Waals surface area (Å²) in [6.45, 7) is 0.250. The molecular weight excluding hydrogens is 201 g/mol. The second-order valence-electron chi connectivity index (χ2n) is 1.76. The number of carbonyl (C=O) groups excluding carboxylic acids is 1. The van der Waals surface area contributed by atoms with Gasteiger partial charge in [-0.15, -0.1) is 0 Å². The normalized spacial score (nSPS) is 13.1. The van der Waals surface area contributed by atoms with E-state index in [1.54, 1.807) is 0 Å². The molecule has 0 spiro atoms. The molecule has 1 rings (SSSR count). The first kappa shape index (κ1) is 10.5. The molecule has 4 N–H and O–H groups in total. The van der Waals surface area contributed by atoms with Crippen molar-refractivity contribution in [3.8, 4) is 0 Å². The molecule has 0 unspecified atom stereocenters. The van der Waals surface area contributed by atoms with Gasteiger partial charge in [-0.1, -0.05) is 0 Å². The summed E-state index contributed by atoms with van der Waals surface area (Å²) >= 11 is -1.42. The summed E-state index contributed by atoms with van der Waals surface area (Å²) in [5, 5.41) is 1.08. The van der Waals surface area contributed by atoms with Gasteiger partial charge in [0, 0.05) is 6.67 Å². The van der Waals surface area contributed by atoms with E-state index in [-0.39, 0.29) is 6.67 Å². The fourth-order valence-corrected chi connectivity index (χ4v) is 2.49. The Bertz CT molecular complexity index is 197. The van der Waals surface area contributed by atoms with E-state index in [0.29, 0.717) is 0 Å². The molecule has 0 fully saturated rings. The van der Waals surface area contributed by atoms with Gasteiger partial charge in [0.15, 0.2) is 0 Å². The van der Waals surface area contributed by atoms with Gasteiger partial charge in [-0.25, -0.2) is 0 Å². The Balaban J connectivity index is 0.000000292. The molecule has 0 atom stereocenters. The van der Waals surface area contributed by atoms with Crippen LogP contribution in [0.25, 0.3) is 0 Å². The number of allylic oxidation sites excluding steroid dienone is 3. The fraction of sp³-hybridized carbons (Fsp3) is 0.143. The van der Waals surface area contributed by atoms with Gasteiger partial charge in [-0.3, -0.25) is 0 Å². The summed E-state index contributed by atoms with van der Waals surface area (Å²) < 4.78 is 0. The standard InChI is InChI=1S/C6H6GeO.CH6N2/c8-6-7-4-2-1-3-5-7;2-1-3/h1-6H;1-3H2. The quantitative estimate of drug-likeness (QED) is 0.339. The van der Waals surface area contributed by atoms with Crippen LogP contribution in [0.1, 0.15) is 0 Å². The van der Waals surface area contributed by atoms with Gasteiger partial charge in [0.1, 0.15) is 0 Å². The Morgan fingerprint density at radius 1 is 1.27 bits per heavy atom. The van der Waals surface area contributed by atoms with Gasteiger partial charge in [0.25, 0.3) is 0 Å². The summed E-state index contributed by atoms with van der Waals surface area (Å²) in [6.07, 6.45) is 5.84. The molecule has 0 bridgehead atoms. The minimum atomic E-state index is -1.42. The molecule has 0 amide bonds. The van der Waals surface area contributed by atoms with E-state index in [1.807, 2.05) is 28.0 Å². The molecule has 60 valence electrons. The first-order valence-corrected chi connectivity index (χ1v) is 6.89. The number of nitrogens with two attached hydrogens (primary N) is 2. The van der Waals surface area contributed by atoms with Crippen LogP contribution in [0.3, 0.4) is 0 Å². The molecule has 1 aliphatic rings. The second kappa shape index (κ2) is 7.59. The molecular formula is C7H12GeN2O. The van der Waals surface area contributed by atoms with Gasteiger partial charge in [0.2, 0.25) is 0 Å². The Morgan fingerprint density at radius 2 is 1.91 bits per heavy atom. The predicted octanol–water partition coefficient (Wildman–Crippen LogP) is -0.836. The van der Waals surface area contributed by atoms with Crippen LogP contribution < -0.4 is 11.5 Å². The molecule has 0 saturated carbocycles. The van der Waals surface area contributed by atoms with Gasteiger partial charge in [-0.2, -0.15) is 0 Å². The SMILES string of the molecule is NCN.O=[CH][Ge]1=[CH]C=CC=[CH]1. The number of carbonyl (C=O) groups is 1. The summed E-state index contributed by atoms with van der Waals surface area (Å²) in [6, 6.07) is 0. The molecule has 0 saturated heterocycles. The van der Waals surface area contributed by atoms with E-state index in [2.05, 4.69) is 11.5 Å². The molecule has 1 aliphatic heterocycles. The third kappa shape index (κ3) is 5.90. The molecule has 0 aromatic carbocycles. The van der Waals surface area contributed by atoms with Crippen molar-refractivity contribution in [1.29, 1.82) is 0 Å². The zero-order valence-electron chi connectivity index (χ0n) is 6.23. The van der Waals surface area contributed by atoms with Gasteiger partial charge in [-0.05, 0) is 0 Å². The summed E-state index contributed by atoms with van der Waals surface area (Å²) in [7, 11) is 0. The van der Waals surface area contributed by atoms with Crippen LogP contribution in [-0.4, -0.2) is 30.5 Å². The van der Waals surface area contributed by atoms with Crippen molar-refractivity contribution >= 4 is 23.9 Å². The maximum atomic E-state index is 10.1. The van der Waals surface area contributed by atoms with E-state index >= 15 is 0 Å². The minimum absolute atomic E-state index is 0.250. The summed E-state index contributed by atoms with van der Waals surface area (Å²) in [5.41, 5.74) is 9.25. The zero-order valence-corrected chi connectivity index (χ0v) is 8.33. The van der Waals surface area contributed by atoms with Crippen LogP contribution in [0.4, 0.5) is 0 Å². The van der Waals surface area contributed by atoms with Crippen LogP contribution in [0.2, 0.25) is 0 Å². The van der Waals surface area contributed by atoms with Crippen molar-refractivity contribution in [2.24, 2.45) is 11.5 Å². The second-order valence-corrected chi connectivity index (χ2v) is 5.76. The Kier molecular flexibility index (Phi) is 7.23. The van der Waals surface area contributed by atoms with Crippen molar-refractivity contribution < 1.29 is 4.79 Å². The molecule has 3 nitrogen and oxygen atoms in total. The van der Waals surface area contributed by atoms with E-state index in [1.165, 1.54) is 0 Å². The third-order valence-corrected chi connectivity index (χ3v) is 3.93. The Hall–Kier alpha value is -0.517. The average molecular weight is 213 g/mol. The molecule has 1 heterocycles. The van der Waals surface area contributed by atoms with Gasteiger partial charge in [0.05, 0.1) is 0 Å². The average Bonchev–Trinajstić information content (AvgIpc) is 2.08. The fourth-order valence-electron chi connectivity index (χ4n) is 0.532. The topological polar surface area (TPSA) is 69.1 Å². The van der Waals surface area contributed by atoms with Crippen molar-refractivity contribution in [2.45, 2.75) is 0 Å². The van der Waals surface area contributed by atoms with E-state index < -0.39 is 13.9 Å². The predicted molar refractivity (Wildman–Crippen MR) is 50.1 cm³/mol. The van der Waals surface area contributed by atoms with Crippen LogP contribution in [0.5, 0.6) is 0 Å². The molecule has 0 radical (unpaired) electrons. The monoisotopic (exact) mass is 214 g/mol. The van der Waals surface area contributed by atoms with Crippen LogP contribution >= 0.6 is 0 Å². The van der Waals surface area contributed by atoms with Crippen molar-refractivity contribution in [1.82, 2.24) is 0 Å². The molecule has 4 heteroatoms. The van der Waals surface area contributed by atoms with Gasteiger partial charge < -0.3 is 11.5 Å². The Labute approximate surface area is 70.4 Å². The van der Waals surface area contributed by atoms with Crippen LogP contribution in [-0.2, 0) is 4.79 Å². The molecule has 0 aromatic heterocycles.